The smallest absolute Gasteiger partial charge is 0.119 e. The zero-order valence-electron chi connectivity index (χ0n) is 13.8. The molecule has 0 aliphatic carbocycles. The Morgan fingerprint density at radius 3 is 2.52 bits per heavy atom. The van der Waals surface area contributed by atoms with Gasteiger partial charge >= 0.3 is 0 Å². The van der Waals surface area contributed by atoms with Gasteiger partial charge in [0.05, 0.1) is 6.61 Å². The molecule has 3 heteroatoms. The van der Waals surface area contributed by atoms with Gasteiger partial charge in [0.25, 0.3) is 0 Å². The molecule has 118 valence electrons. The minimum absolute atomic E-state index is 0.598. The van der Waals surface area contributed by atoms with E-state index in [0.717, 1.165) is 31.9 Å². The molecular formula is C18H30N2O. The average Bonchev–Trinajstić information content (AvgIpc) is 2.53. The Balaban J connectivity index is 2.05. The van der Waals surface area contributed by atoms with Gasteiger partial charge in [0.15, 0.2) is 0 Å². The third-order valence-corrected chi connectivity index (χ3v) is 4.25. The monoisotopic (exact) mass is 290 g/mol. The van der Waals surface area contributed by atoms with Crippen LogP contribution in [0.3, 0.4) is 0 Å². The lowest BCUT2D eigenvalue weighted by Crippen LogP contribution is -2.56. The average molecular weight is 290 g/mol. The van der Waals surface area contributed by atoms with Crippen LogP contribution in [0.15, 0.2) is 24.3 Å². The van der Waals surface area contributed by atoms with Crippen LogP contribution in [0.2, 0.25) is 0 Å². The number of nitrogens with one attached hydrogen (secondary N) is 1. The molecule has 3 nitrogen and oxygen atoms in total. The summed E-state index contributed by atoms with van der Waals surface area (Å²) in [6.07, 6.45) is 4.73. The molecule has 1 heterocycles. The molecule has 1 aliphatic heterocycles. The van der Waals surface area contributed by atoms with Gasteiger partial charge < -0.3 is 15.0 Å². The summed E-state index contributed by atoms with van der Waals surface area (Å²) in [5, 5.41) is 3.69. The van der Waals surface area contributed by atoms with Crippen LogP contribution in [-0.4, -0.2) is 31.8 Å². The Labute approximate surface area is 129 Å². The molecule has 0 spiro atoms. The molecule has 0 radical (unpaired) electrons. The van der Waals surface area contributed by atoms with E-state index < -0.39 is 0 Å². The van der Waals surface area contributed by atoms with Gasteiger partial charge in [0, 0.05) is 30.9 Å². The van der Waals surface area contributed by atoms with Gasteiger partial charge in [-0.3, -0.25) is 0 Å². The lowest BCUT2D eigenvalue weighted by atomic mass is 10.0. The van der Waals surface area contributed by atoms with E-state index in [9.17, 15) is 0 Å². The summed E-state index contributed by atoms with van der Waals surface area (Å²) in [6, 6.07) is 9.85. The highest BCUT2D eigenvalue weighted by atomic mass is 16.5. The lowest BCUT2D eigenvalue weighted by molar-refractivity contribution is 0.317. The number of rotatable bonds is 7. The second-order valence-electron chi connectivity index (χ2n) is 5.95. The van der Waals surface area contributed by atoms with E-state index >= 15 is 0 Å². The zero-order valence-corrected chi connectivity index (χ0v) is 13.8. The molecule has 1 aromatic rings. The van der Waals surface area contributed by atoms with E-state index in [2.05, 4.69) is 55.3 Å². The van der Waals surface area contributed by atoms with E-state index in [1.165, 1.54) is 24.9 Å². The summed E-state index contributed by atoms with van der Waals surface area (Å²) in [6.45, 7) is 9.67. The Morgan fingerprint density at radius 2 is 1.90 bits per heavy atom. The predicted molar refractivity (Wildman–Crippen MR) is 90.4 cm³/mol. The van der Waals surface area contributed by atoms with Crippen molar-refractivity contribution in [2.24, 2.45) is 0 Å². The maximum absolute atomic E-state index is 5.68. The minimum Gasteiger partial charge on any atom is -0.494 e. The summed E-state index contributed by atoms with van der Waals surface area (Å²) in [4.78, 5) is 2.57. The Hall–Kier alpha value is -1.22. The van der Waals surface area contributed by atoms with Crippen LogP contribution in [0.1, 0.15) is 46.5 Å². The van der Waals surface area contributed by atoms with Gasteiger partial charge in [0.1, 0.15) is 5.75 Å². The quantitative estimate of drug-likeness (QED) is 0.826. The first-order valence-corrected chi connectivity index (χ1v) is 8.51. The molecule has 0 amide bonds. The first-order valence-electron chi connectivity index (χ1n) is 8.51. The Morgan fingerprint density at radius 1 is 1.14 bits per heavy atom. The van der Waals surface area contributed by atoms with E-state index in [1.54, 1.807) is 0 Å². The fourth-order valence-electron chi connectivity index (χ4n) is 3.04. The van der Waals surface area contributed by atoms with Crippen LogP contribution < -0.4 is 15.0 Å². The second-order valence-corrected chi connectivity index (χ2v) is 5.95. The highest BCUT2D eigenvalue weighted by molar-refractivity contribution is 5.50. The molecular weight excluding hydrogens is 260 g/mol. The van der Waals surface area contributed by atoms with Crippen molar-refractivity contribution < 1.29 is 4.74 Å². The molecule has 2 unspecified atom stereocenters. The normalized spacial score (nSPS) is 22.3. The third-order valence-electron chi connectivity index (χ3n) is 4.25. The molecule has 0 aromatic heterocycles. The number of hydrogen-bond donors (Lipinski definition) is 1. The fourth-order valence-corrected chi connectivity index (χ4v) is 3.04. The molecule has 0 saturated carbocycles. The van der Waals surface area contributed by atoms with Gasteiger partial charge in [0.2, 0.25) is 0 Å². The van der Waals surface area contributed by atoms with Gasteiger partial charge in [-0.15, -0.1) is 0 Å². The van der Waals surface area contributed by atoms with Crippen LogP contribution in [-0.2, 0) is 0 Å². The highest BCUT2D eigenvalue weighted by Crippen LogP contribution is 2.25. The van der Waals surface area contributed by atoms with Gasteiger partial charge in [-0.2, -0.15) is 0 Å². The maximum Gasteiger partial charge on any atom is 0.119 e. The number of ether oxygens (including phenoxy) is 1. The predicted octanol–water partition coefficient (Wildman–Crippen LogP) is 3.83. The topological polar surface area (TPSA) is 24.5 Å². The molecule has 1 aliphatic rings. The lowest BCUT2D eigenvalue weighted by Gasteiger charge is -2.42. The van der Waals surface area contributed by atoms with Crippen LogP contribution in [0, 0.1) is 0 Å². The summed E-state index contributed by atoms with van der Waals surface area (Å²) in [5.41, 5.74) is 1.33. The molecule has 0 bridgehead atoms. The van der Waals surface area contributed by atoms with Crippen molar-refractivity contribution in [3.05, 3.63) is 24.3 Å². The standard InChI is InChI=1S/C18H30N2O/c1-4-7-15-14-20(16(6-3)13-19-15)17-8-10-18(11-9-17)21-12-5-2/h8-11,15-16,19H,4-7,12-14H2,1-3H3. The van der Waals surface area contributed by atoms with Crippen molar-refractivity contribution in [3.8, 4) is 5.75 Å². The summed E-state index contributed by atoms with van der Waals surface area (Å²) in [5.74, 6) is 0.980. The molecule has 2 rings (SSSR count). The van der Waals surface area contributed by atoms with Crippen molar-refractivity contribution in [3.63, 3.8) is 0 Å². The Kier molecular flexibility index (Phi) is 6.37. The molecule has 1 fully saturated rings. The number of benzene rings is 1. The second kappa shape index (κ2) is 8.28. The third kappa shape index (κ3) is 4.37. The van der Waals surface area contributed by atoms with E-state index in [-0.39, 0.29) is 0 Å². The van der Waals surface area contributed by atoms with Gasteiger partial charge in [-0.1, -0.05) is 27.2 Å². The van der Waals surface area contributed by atoms with Gasteiger partial charge in [-0.25, -0.2) is 0 Å². The fraction of sp³-hybridized carbons (Fsp3) is 0.667. The number of nitrogens with zero attached hydrogens (tertiary/aromatic N) is 1. The summed E-state index contributed by atoms with van der Waals surface area (Å²) in [7, 11) is 0. The van der Waals surface area contributed by atoms with E-state index in [4.69, 9.17) is 4.74 Å². The largest absolute Gasteiger partial charge is 0.494 e. The van der Waals surface area contributed by atoms with Crippen LogP contribution >= 0.6 is 0 Å². The number of piperazine rings is 1. The molecule has 1 N–H and O–H groups in total. The molecule has 1 aromatic carbocycles. The van der Waals surface area contributed by atoms with Crippen LogP contribution in [0.4, 0.5) is 5.69 Å². The molecule has 1 saturated heterocycles. The number of hydrogen-bond acceptors (Lipinski definition) is 3. The summed E-state index contributed by atoms with van der Waals surface area (Å²) < 4.78 is 5.68. The van der Waals surface area contributed by atoms with Crippen LogP contribution in [0.25, 0.3) is 0 Å². The van der Waals surface area contributed by atoms with E-state index in [0.29, 0.717) is 12.1 Å². The summed E-state index contributed by atoms with van der Waals surface area (Å²) >= 11 is 0. The van der Waals surface area contributed by atoms with Crippen molar-refractivity contribution in [2.75, 3.05) is 24.6 Å². The zero-order chi connectivity index (χ0) is 15.1. The molecule has 21 heavy (non-hydrogen) atoms. The first kappa shape index (κ1) is 16.2. The van der Waals surface area contributed by atoms with Crippen LogP contribution in [0.5, 0.6) is 5.75 Å². The maximum atomic E-state index is 5.68. The number of anilines is 1. The van der Waals surface area contributed by atoms with Crippen molar-refractivity contribution in [2.45, 2.75) is 58.5 Å². The van der Waals surface area contributed by atoms with Gasteiger partial charge in [-0.05, 0) is 43.5 Å². The van der Waals surface area contributed by atoms with Crippen molar-refractivity contribution >= 4 is 5.69 Å². The minimum atomic E-state index is 0.598. The SMILES string of the molecule is CCCOc1ccc(N2CC(CCC)NCC2CC)cc1. The first-order chi connectivity index (χ1) is 10.3. The Bertz CT molecular complexity index is 404. The van der Waals surface area contributed by atoms with E-state index in [1.807, 2.05) is 0 Å². The molecule has 2 atom stereocenters. The highest BCUT2D eigenvalue weighted by Gasteiger charge is 2.26. The van der Waals surface area contributed by atoms with Crippen molar-refractivity contribution in [1.82, 2.24) is 5.32 Å². The van der Waals surface area contributed by atoms with Crippen molar-refractivity contribution in [1.29, 1.82) is 0 Å².